The van der Waals surface area contributed by atoms with Gasteiger partial charge in [0.15, 0.2) is 6.23 Å². The minimum Gasteiger partial charge on any atom is -0.387 e. The molecule has 12 heteroatoms. The van der Waals surface area contributed by atoms with Crippen molar-refractivity contribution in [1.82, 2.24) is 19.3 Å². The number of aliphatic hydroxyl groups is 1. The van der Waals surface area contributed by atoms with Crippen molar-refractivity contribution in [2.24, 2.45) is 0 Å². The molecule has 2 aromatic heterocycles. The molecule has 0 amide bonds. The summed E-state index contributed by atoms with van der Waals surface area (Å²) in [7, 11) is 0.204. The van der Waals surface area contributed by atoms with Gasteiger partial charge in [0, 0.05) is 25.6 Å². The third-order valence-electron chi connectivity index (χ3n) is 4.40. The average molecular weight is 428 g/mol. The fourth-order valence-electron chi connectivity index (χ4n) is 3.13. The molecule has 1 aliphatic rings. The Balaban J connectivity index is 1.76. The molecule has 4 atom stereocenters. The summed E-state index contributed by atoms with van der Waals surface area (Å²) >= 11 is 0. The van der Waals surface area contributed by atoms with Gasteiger partial charge in [-0.1, -0.05) is 0 Å². The van der Waals surface area contributed by atoms with Crippen molar-refractivity contribution < 1.29 is 23.6 Å². The van der Waals surface area contributed by atoms with E-state index in [1.165, 1.54) is 23.9 Å². The molecule has 1 fully saturated rings. The highest BCUT2D eigenvalue weighted by Crippen LogP contribution is 2.37. The number of nitrogens with zero attached hydrogens (tertiary/aromatic N) is 3. The minimum atomic E-state index is -1.22. The van der Waals surface area contributed by atoms with Gasteiger partial charge in [0.2, 0.25) is 8.38 Å². The lowest BCUT2D eigenvalue weighted by Gasteiger charge is -2.19. The zero-order valence-corrected chi connectivity index (χ0v) is 17.3. The van der Waals surface area contributed by atoms with E-state index in [4.69, 9.17) is 18.5 Å². The van der Waals surface area contributed by atoms with Crippen molar-refractivity contribution in [3.05, 3.63) is 45.5 Å². The summed E-state index contributed by atoms with van der Waals surface area (Å²) in [5, 5.41) is 15.8. The second-order valence-corrected chi connectivity index (χ2v) is 7.83. The quantitative estimate of drug-likeness (QED) is 0.522. The maximum atomic E-state index is 12.1. The monoisotopic (exact) mass is 428 g/mol. The number of H-pyrrole nitrogens is 1. The van der Waals surface area contributed by atoms with E-state index in [-0.39, 0.29) is 6.54 Å². The lowest BCUT2D eigenvalue weighted by atomic mass is 10.1. The number of nitrogens with one attached hydrogen (secondary N) is 1. The number of hydrogen-bond acceptors (Lipinski definition) is 8. The first-order valence-electron chi connectivity index (χ1n) is 9.24. The van der Waals surface area contributed by atoms with Gasteiger partial charge in [-0.2, -0.15) is 5.10 Å². The van der Waals surface area contributed by atoms with Crippen LogP contribution in [-0.4, -0.2) is 63.1 Å². The van der Waals surface area contributed by atoms with Crippen LogP contribution in [0.3, 0.4) is 0 Å². The molecule has 0 spiro atoms. The number of aliphatic hydroxyl groups excluding tert-OH is 1. The van der Waals surface area contributed by atoms with Gasteiger partial charge in [0.1, 0.15) is 18.3 Å². The molecule has 11 nitrogen and oxygen atoms in total. The van der Waals surface area contributed by atoms with Crippen LogP contribution in [0.4, 0.5) is 0 Å². The van der Waals surface area contributed by atoms with Crippen LogP contribution in [0.5, 0.6) is 0 Å². The van der Waals surface area contributed by atoms with Gasteiger partial charge in [0.05, 0.1) is 31.3 Å². The topological polar surface area (TPSA) is 130 Å². The largest absolute Gasteiger partial charge is 0.387 e. The Morgan fingerprint density at radius 1 is 1.31 bits per heavy atom. The zero-order valence-electron chi connectivity index (χ0n) is 16.4. The Bertz CT molecular complexity index is 907. The van der Waals surface area contributed by atoms with Crippen LogP contribution in [0.15, 0.2) is 34.2 Å². The van der Waals surface area contributed by atoms with Crippen molar-refractivity contribution in [2.45, 2.75) is 44.9 Å². The van der Waals surface area contributed by atoms with Gasteiger partial charge in [-0.3, -0.25) is 19.0 Å². The molecule has 0 aromatic carbocycles. The molecule has 1 saturated heterocycles. The van der Waals surface area contributed by atoms with Gasteiger partial charge in [0.25, 0.3) is 5.56 Å². The molecule has 4 unspecified atom stereocenters. The predicted molar refractivity (Wildman–Crippen MR) is 104 cm³/mol. The molecule has 0 radical (unpaired) electrons. The molecule has 2 aromatic rings. The molecule has 160 valence electrons. The van der Waals surface area contributed by atoms with Gasteiger partial charge in [-0.05, 0) is 13.8 Å². The molecule has 0 aliphatic carbocycles. The van der Waals surface area contributed by atoms with Crippen LogP contribution in [0.25, 0.3) is 0 Å². The Hall–Kier alpha value is -1.88. The fraction of sp³-hybridized carbons (Fsp3) is 0.588. The maximum Gasteiger partial charge on any atom is 0.330 e. The average Bonchev–Trinajstić information content (AvgIpc) is 3.27. The number of ether oxygens (including phenoxy) is 2. The van der Waals surface area contributed by atoms with Crippen LogP contribution in [0.1, 0.15) is 20.1 Å². The standard InChI is InChI=1S/C17H25N4O7P/c1-4-26-29(27-5-2)11-8-18-20(9-11)10-12-14(23)15(25-3)16(28-12)21-7-6-13(22)19-17(21)24/h6-9,12,14-16,23H,4-5,10H2,1-3H3,(H,19,22,24). The van der Waals surface area contributed by atoms with E-state index in [1.807, 2.05) is 13.8 Å². The van der Waals surface area contributed by atoms with Crippen LogP contribution < -0.4 is 16.6 Å². The zero-order chi connectivity index (χ0) is 21.0. The van der Waals surface area contributed by atoms with E-state index < -0.39 is 44.2 Å². The van der Waals surface area contributed by atoms with Crippen LogP contribution in [0, 0.1) is 0 Å². The lowest BCUT2D eigenvalue weighted by molar-refractivity contribution is -0.0565. The van der Waals surface area contributed by atoms with E-state index in [1.54, 1.807) is 17.1 Å². The fourth-order valence-corrected chi connectivity index (χ4v) is 4.34. The molecule has 2 N–H and O–H groups in total. The maximum absolute atomic E-state index is 12.1. The minimum absolute atomic E-state index is 0.233. The van der Waals surface area contributed by atoms with Gasteiger partial charge in [-0.25, -0.2) is 4.79 Å². The molecule has 0 saturated carbocycles. The van der Waals surface area contributed by atoms with Crippen molar-refractivity contribution >= 4 is 13.7 Å². The van der Waals surface area contributed by atoms with E-state index >= 15 is 0 Å². The SMILES string of the molecule is CCOP(OCC)c1cnn(CC2OC(n3ccc(=O)[nH]c3=O)C(OC)C2O)c1. The first-order valence-corrected chi connectivity index (χ1v) is 10.4. The van der Waals surface area contributed by atoms with E-state index in [2.05, 4.69) is 10.1 Å². The summed E-state index contributed by atoms with van der Waals surface area (Å²) in [4.78, 5) is 25.6. The van der Waals surface area contributed by atoms with Crippen molar-refractivity contribution in [2.75, 3.05) is 20.3 Å². The first-order chi connectivity index (χ1) is 14.0. The van der Waals surface area contributed by atoms with Crippen LogP contribution in [0.2, 0.25) is 0 Å². The highest BCUT2D eigenvalue weighted by molar-refractivity contribution is 7.55. The summed E-state index contributed by atoms with van der Waals surface area (Å²) in [5.74, 6) is 0. The number of rotatable bonds is 9. The second-order valence-electron chi connectivity index (χ2n) is 6.29. The number of hydrogen-bond donors (Lipinski definition) is 2. The summed E-state index contributed by atoms with van der Waals surface area (Å²) in [6.45, 7) is 5.06. The highest BCUT2D eigenvalue weighted by atomic mass is 31.2. The molecule has 3 rings (SSSR count). The molecular formula is C17H25N4O7P. The first kappa shape index (κ1) is 21.8. The van der Waals surface area contributed by atoms with Gasteiger partial charge < -0.3 is 23.6 Å². The Morgan fingerprint density at radius 2 is 2.03 bits per heavy atom. The molecule has 0 bridgehead atoms. The van der Waals surface area contributed by atoms with E-state index in [0.29, 0.717) is 13.2 Å². The smallest absolute Gasteiger partial charge is 0.330 e. The van der Waals surface area contributed by atoms with Gasteiger partial charge >= 0.3 is 5.69 Å². The van der Waals surface area contributed by atoms with Crippen molar-refractivity contribution in [1.29, 1.82) is 0 Å². The Labute approximate surface area is 168 Å². The highest BCUT2D eigenvalue weighted by Gasteiger charge is 2.45. The summed E-state index contributed by atoms with van der Waals surface area (Å²) in [6.07, 6.45) is 1.41. The number of aromatic amines is 1. The number of methoxy groups -OCH3 is 1. The molecule has 3 heterocycles. The Morgan fingerprint density at radius 3 is 2.66 bits per heavy atom. The molecule has 29 heavy (non-hydrogen) atoms. The summed E-state index contributed by atoms with van der Waals surface area (Å²) in [5.41, 5.74) is -1.16. The van der Waals surface area contributed by atoms with Crippen molar-refractivity contribution in [3.8, 4) is 0 Å². The predicted octanol–water partition coefficient (Wildman–Crippen LogP) is -0.283. The third kappa shape index (κ3) is 4.82. The summed E-state index contributed by atoms with van der Waals surface area (Å²) in [6, 6.07) is 1.21. The van der Waals surface area contributed by atoms with E-state index in [9.17, 15) is 14.7 Å². The molecule has 1 aliphatic heterocycles. The normalized spacial score (nSPS) is 24.4. The van der Waals surface area contributed by atoms with Crippen molar-refractivity contribution in [3.63, 3.8) is 0 Å². The van der Waals surface area contributed by atoms with Crippen LogP contribution in [-0.2, 0) is 25.1 Å². The Kier molecular flexibility index (Phi) is 7.33. The lowest BCUT2D eigenvalue weighted by Crippen LogP contribution is -2.38. The molecular weight excluding hydrogens is 403 g/mol. The summed E-state index contributed by atoms with van der Waals surface area (Å²) < 4.78 is 25.3. The van der Waals surface area contributed by atoms with E-state index in [0.717, 1.165) is 5.30 Å². The third-order valence-corrected chi connectivity index (χ3v) is 6.04. The van der Waals surface area contributed by atoms with Gasteiger partial charge in [-0.15, -0.1) is 0 Å². The number of aromatic nitrogens is 4. The second kappa shape index (κ2) is 9.75. The van der Waals surface area contributed by atoms with Crippen LogP contribution >= 0.6 is 8.38 Å².